The zero-order valence-electron chi connectivity index (χ0n) is 13.5. The largest absolute Gasteiger partial charge is 0.493 e. The van der Waals surface area contributed by atoms with Crippen molar-refractivity contribution in [2.24, 2.45) is 0 Å². The van der Waals surface area contributed by atoms with E-state index in [0.717, 1.165) is 23.3 Å². The van der Waals surface area contributed by atoms with Crippen LogP contribution in [0.5, 0.6) is 11.5 Å². The Morgan fingerprint density at radius 3 is 2.76 bits per heavy atom. The van der Waals surface area contributed by atoms with E-state index in [1.54, 1.807) is 7.11 Å². The summed E-state index contributed by atoms with van der Waals surface area (Å²) in [6.07, 6.45) is 6.34. The Balaban J connectivity index is 1.97. The van der Waals surface area contributed by atoms with Crippen molar-refractivity contribution in [3.05, 3.63) is 23.8 Å². The Bertz CT molecular complexity index is 450. The maximum atomic E-state index is 5.75. The molecule has 1 N–H and O–H groups in total. The molecule has 3 nitrogen and oxygen atoms in total. The lowest BCUT2D eigenvalue weighted by Gasteiger charge is -2.20. The van der Waals surface area contributed by atoms with Crippen LogP contribution >= 0.6 is 11.8 Å². The van der Waals surface area contributed by atoms with E-state index in [4.69, 9.17) is 9.47 Å². The molecule has 0 aromatic heterocycles. The average Bonchev–Trinajstić information content (AvgIpc) is 2.93. The second-order valence-corrected chi connectivity index (χ2v) is 6.92. The fourth-order valence-corrected chi connectivity index (χ4v) is 3.83. The summed E-state index contributed by atoms with van der Waals surface area (Å²) < 4.78 is 11.2. The molecule has 2 atom stereocenters. The van der Waals surface area contributed by atoms with Crippen molar-refractivity contribution in [2.75, 3.05) is 13.4 Å². The molecule has 2 unspecified atom stereocenters. The molecule has 1 aromatic carbocycles. The maximum absolute atomic E-state index is 5.75. The van der Waals surface area contributed by atoms with Crippen molar-refractivity contribution >= 4 is 11.8 Å². The standard InChI is InChI=1S/C17H27NO2S/c1-12(2)20-15-9-8-13(10-16(15)19-3)11-18-14-6-5-7-17(14)21-4/h8-10,12,14,17-18H,5-7,11H2,1-4H3. The average molecular weight is 309 g/mol. The summed E-state index contributed by atoms with van der Waals surface area (Å²) in [4.78, 5) is 0. The Hall–Kier alpha value is -0.870. The quantitative estimate of drug-likeness (QED) is 0.828. The van der Waals surface area contributed by atoms with Crippen molar-refractivity contribution in [3.63, 3.8) is 0 Å². The van der Waals surface area contributed by atoms with Crippen LogP contribution in [0.4, 0.5) is 0 Å². The highest BCUT2D eigenvalue weighted by Crippen LogP contribution is 2.30. The van der Waals surface area contributed by atoms with Crippen LogP contribution in [0.25, 0.3) is 0 Å². The second kappa shape index (κ2) is 7.95. The van der Waals surface area contributed by atoms with E-state index in [1.165, 1.54) is 24.8 Å². The van der Waals surface area contributed by atoms with Crippen LogP contribution in [-0.2, 0) is 6.54 Å². The Labute approximate surface area is 132 Å². The first-order chi connectivity index (χ1) is 10.1. The SMILES string of the molecule is COc1cc(CNC2CCCC2SC)ccc1OC(C)C. The van der Waals surface area contributed by atoms with Gasteiger partial charge in [0, 0.05) is 17.8 Å². The molecule has 1 aromatic rings. The summed E-state index contributed by atoms with van der Waals surface area (Å²) >= 11 is 1.99. The van der Waals surface area contributed by atoms with E-state index in [-0.39, 0.29) is 6.10 Å². The number of thioether (sulfide) groups is 1. The van der Waals surface area contributed by atoms with Crippen LogP contribution in [0.2, 0.25) is 0 Å². The number of hydrogen-bond donors (Lipinski definition) is 1. The molecule has 0 bridgehead atoms. The third-order valence-corrected chi connectivity index (χ3v) is 5.08. The Morgan fingerprint density at radius 1 is 1.29 bits per heavy atom. The lowest BCUT2D eigenvalue weighted by atomic mass is 10.1. The van der Waals surface area contributed by atoms with Gasteiger partial charge in [-0.15, -0.1) is 0 Å². The zero-order valence-corrected chi connectivity index (χ0v) is 14.3. The van der Waals surface area contributed by atoms with Gasteiger partial charge in [0.2, 0.25) is 0 Å². The summed E-state index contributed by atoms with van der Waals surface area (Å²) in [7, 11) is 1.69. The highest BCUT2D eigenvalue weighted by molar-refractivity contribution is 7.99. The fraction of sp³-hybridized carbons (Fsp3) is 0.647. The van der Waals surface area contributed by atoms with Crippen LogP contribution in [0.3, 0.4) is 0 Å². The number of ether oxygens (including phenoxy) is 2. The molecule has 1 fully saturated rings. The Morgan fingerprint density at radius 2 is 2.10 bits per heavy atom. The van der Waals surface area contributed by atoms with Gasteiger partial charge in [-0.25, -0.2) is 0 Å². The maximum Gasteiger partial charge on any atom is 0.161 e. The highest BCUT2D eigenvalue weighted by atomic mass is 32.2. The van der Waals surface area contributed by atoms with Gasteiger partial charge in [-0.05, 0) is 50.6 Å². The summed E-state index contributed by atoms with van der Waals surface area (Å²) in [5.74, 6) is 1.63. The van der Waals surface area contributed by atoms with Crippen molar-refractivity contribution in [1.29, 1.82) is 0 Å². The van der Waals surface area contributed by atoms with Crippen LogP contribution in [0.15, 0.2) is 18.2 Å². The highest BCUT2D eigenvalue weighted by Gasteiger charge is 2.25. The molecule has 1 saturated carbocycles. The molecule has 1 aliphatic carbocycles. The molecule has 2 rings (SSSR count). The smallest absolute Gasteiger partial charge is 0.161 e. The minimum atomic E-state index is 0.156. The van der Waals surface area contributed by atoms with Gasteiger partial charge >= 0.3 is 0 Å². The topological polar surface area (TPSA) is 30.5 Å². The van der Waals surface area contributed by atoms with Gasteiger partial charge in [0.05, 0.1) is 13.2 Å². The molecule has 0 saturated heterocycles. The van der Waals surface area contributed by atoms with Crippen LogP contribution in [0.1, 0.15) is 38.7 Å². The Kier molecular flexibility index (Phi) is 6.24. The fourth-order valence-electron chi connectivity index (χ4n) is 2.86. The van der Waals surface area contributed by atoms with Gasteiger partial charge in [-0.2, -0.15) is 11.8 Å². The monoisotopic (exact) mass is 309 g/mol. The first-order valence-electron chi connectivity index (χ1n) is 7.73. The van der Waals surface area contributed by atoms with E-state index in [2.05, 4.69) is 23.7 Å². The first kappa shape index (κ1) is 16.5. The van der Waals surface area contributed by atoms with Gasteiger partial charge in [-0.1, -0.05) is 12.5 Å². The van der Waals surface area contributed by atoms with Crippen molar-refractivity contribution in [2.45, 2.75) is 57.1 Å². The van der Waals surface area contributed by atoms with Gasteiger partial charge < -0.3 is 14.8 Å². The molecule has 118 valence electrons. The predicted octanol–water partition coefficient (Wildman–Crippen LogP) is 3.86. The van der Waals surface area contributed by atoms with Crippen LogP contribution in [-0.4, -0.2) is 30.8 Å². The molecule has 0 heterocycles. The second-order valence-electron chi connectivity index (χ2n) is 5.84. The van der Waals surface area contributed by atoms with Gasteiger partial charge in [0.1, 0.15) is 0 Å². The van der Waals surface area contributed by atoms with Gasteiger partial charge in [0.25, 0.3) is 0 Å². The van der Waals surface area contributed by atoms with Crippen LogP contribution < -0.4 is 14.8 Å². The molecular formula is C17H27NO2S. The molecule has 0 aliphatic heterocycles. The van der Waals surface area contributed by atoms with Gasteiger partial charge in [0.15, 0.2) is 11.5 Å². The normalized spacial score (nSPS) is 21.8. The van der Waals surface area contributed by atoms with E-state index >= 15 is 0 Å². The lowest BCUT2D eigenvalue weighted by molar-refractivity contribution is 0.230. The minimum absolute atomic E-state index is 0.156. The van der Waals surface area contributed by atoms with Crippen molar-refractivity contribution in [3.8, 4) is 11.5 Å². The summed E-state index contributed by atoms with van der Waals surface area (Å²) in [5.41, 5.74) is 1.25. The summed E-state index contributed by atoms with van der Waals surface area (Å²) in [5, 5.41) is 4.45. The minimum Gasteiger partial charge on any atom is -0.493 e. The molecule has 0 spiro atoms. The molecular weight excluding hydrogens is 282 g/mol. The first-order valence-corrected chi connectivity index (χ1v) is 9.02. The molecule has 21 heavy (non-hydrogen) atoms. The van der Waals surface area contributed by atoms with Gasteiger partial charge in [-0.3, -0.25) is 0 Å². The third kappa shape index (κ3) is 4.55. The number of hydrogen-bond acceptors (Lipinski definition) is 4. The number of methoxy groups -OCH3 is 1. The third-order valence-electron chi connectivity index (χ3n) is 3.91. The molecule has 4 heteroatoms. The lowest BCUT2D eigenvalue weighted by Crippen LogP contribution is -2.33. The van der Waals surface area contributed by atoms with E-state index in [1.807, 2.05) is 31.7 Å². The molecule has 0 amide bonds. The number of nitrogens with one attached hydrogen (secondary N) is 1. The number of benzene rings is 1. The van der Waals surface area contributed by atoms with Crippen molar-refractivity contribution in [1.82, 2.24) is 5.32 Å². The van der Waals surface area contributed by atoms with E-state index in [9.17, 15) is 0 Å². The van der Waals surface area contributed by atoms with Crippen LogP contribution in [0, 0.1) is 0 Å². The molecule has 0 radical (unpaired) electrons. The predicted molar refractivity (Wildman–Crippen MR) is 90.5 cm³/mol. The van der Waals surface area contributed by atoms with Crippen molar-refractivity contribution < 1.29 is 9.47 Å². The molecule has 1 aliphatic rings. The number of rotatable bonds is 7. The zero-order chi connectivity index (χ0) is 15.2. The van der Waals surface area contributed by atoms with E-state index in [0.29, 0.717) is 6.04 Å². The summed E-state index contributed by atoms with van der Waals surface area (Å²) in [6, 6.07) is 6.85. The van der Waals surface area contributed by atoms with E-state index < -0.39 is 0 Å². The summed E-state index contributed by atoms with van der Waals surface area (Å²) in [6.45, 7) is 4.94.